The van der Waals surface area contributed by atoms with E-state index in [0.29, 0.717) is 28.8 Å². The summed E-state index contributed by atoms with van der Waals surface area (Å²) in [5.41, 5.74) is 10.5. The normalized spacial score (nSPS) is 14.3. The quantitative estimate of drug-likeness (QED) is 0.332. The van der Waals surface area contributed by atoms with Crippen molar-refractivity contribution >= 4 is 51.5 Å². The van der Waals surface area contributed by atoms with Crippen LogP contribution in [0, 0.1) is 0 Å². The van der Waals surface area contributed by atoms with Crippen molar-refractivity contribution in [1.82, 2.24) is 20.0 Å². The molecule has 0 saturated carbocycles. The molecule has 7 nitrogen and oxygen atoms in total. The predicted octanol–water partition coefficient (Wildman–Crippen LogP) is 4.73. The molecule has 1 aliphatic rings. The van der Waals surface area contributed by atoms with Gasteiger partial charge in [0.25, 0.3) is 5.91 Å². The minimum atomic E-state index is -0.251. The molecule has 0 aliphatic heterocycles. The number of hydrogen-bond donors (Lipinski definition) is 2. The van der Waals surface area contributed by atoms with Crippen molar-refractivity contribution in [3.05, 3.63) is 63.9 Å². The lowest BCUT2D eigenvalue weighted by molar-refractivity contribution is 0.0956. The Morgan fingerprint density at radius 2 is 2.03 bits per heavy atom. The van der Waals surface area contributed by atoms with Crippen LogP contribution in [0.4, 0.5) is 5.82 Å². The number of benzene rings is 1. The second kappa shape index (κ2) is 8.92. The second-order valence-electron chi connectivity index (χ2n) is 7.83. The van der Waals surface area contributed by atoms with E-state index in [0.717, 1.165) is 29.7 Å². The number of amides is 1. The van der Waals surface area contributed by atoms with Gasteiger partial charge in [-0.15, -0.1) is 11.3 Å². The first-order valence-corrected chi connectivity index (χ1v) is 11.7. The molecule has 1 aliphatic carbocycles. The zero-order chi connectivity index (χ0) is 21.9. The van der Waals surface area contributed by atoms with E-state index >= 15 is 0 Å². The molecule has 162 valence electrons. The van der Waals surface area contributed by atoms with Crippen LogP contribution in [0.3, 0.4) is 0 Å². The zero-order valence-electron chi connectivity index (χ0n) is 17.6. The van der Waals surface area contributed by atoms with Crippen LogP contribution in [0.5, 0.6) is 0 Å². The number of anilines is 1. The van der Waals surface area contributed by atoms with E-state index in [9.17, 15) is 4.79 Å². The summed E-state index contributed by atoms with van der Waals surface area (Å²) < 4.78 is 1.51. The number of carbonyl (C=O) groups excluding carboxylic acids is 1. The number of carbonyl (C=O) groups is 1. The first-order chi connectivity index (χ1) is 15.7. The van der Waals surface area contributed by atoms with Gasteiger partial charge < -0.3 is 11.1 Å². The third-order valence-electron chi connectivity index (χ3n) is 5.66. The van der Waals surface area contributed by atoms with Crippen molar-refractivity contribution < 1.29 is 4.79 Å². The minimum absolute atomic E-state index is 0.234. The highest BCUT2D eigenvalue weighted by atomic mass is 32.1. The van der Waals surface area contributed by atoms with E-state index in [-0.39, 0.29) is 11.7 Å². The number of aromatic nitrogens is 3. The molecule has 3 aromatic heterocycles. The molecular weight excluding hydrogens is 420 g/mol. The smallest absolute Gasteiger partial charge is 0.257 e. The van der Waals surface area contributed by atoms with Gasteiger partial charge in [0.2, 0.25) is 0 Å². The number of thiophene rings is 1. The monoisotopic (exact) mass is 444 g/mol. The van der Waals surface area contributed by atoms with Gasteiger partial charge in [-0.3, -0.25) is 4.79 Å². The highest BCUT2D eigenvalue weighted by molar-refractivity contribution is 7.11. The summed E-state index contributed by atoms with van der Waals surface area (Å²) in [5.74, 6) is -0.0175. The summed E-state index contributed by atoms with van der Waals surface area (Å²) in [6, 6.07) is 11.5. The molecule has 1 amide bonds. The summed E-state index contributed by atoms with van der Waals surface area (Å²) in [6.45, 7) is 0.566. The van der Waals surface area contributed by atoms with Crippen LogP contribution in [0.2, 0.25) is 0 Å². The summed E-state index contributed by atoms with van der Waals surface area (Å²) in [7, 11) is 0. The first kappa shape index (κ1) is 20.4. The van der Waals surface area contributed by atoms with Crippen molar-refractivity contribution in [2.45, 2.75) is 32.1 Å². The number of allylic oxidation sites excluding steroid dienone is 1. The van der Waals surface area contributed by atoms with Gasteiger partial charge in [-0.1, -0.05) is 29.8 Å². The summed E-state index contributed by atoms with van der Waals surface area (Å²) >= 11 is 1.57. The van der Waals surface area contributed by atoms with E-state index in [1.165, 1.54) is 23.1 Å². The number of nitrogen functional groups attached to an aromatic ring is 1. The van der Waals surface area contributed by atoms with Crippen LogP contribution in [0.1, 0.15) is 47.3 Å². The van der Waals surface area contributed by atoms with Gasteiger partial charge in [0.15, 0.2) is 5.65 Å². The van der Waals surface area contributed by atoms with E-state index < -0.39 is 0 Å². The maximum Gasteiger partial charge on any atom is 0.257 e. The van der Waals surface area contributed by atoms with Crippen LogP contribution >= 0.6 is 11.3 Å². The number of para-hydroxylation sites is 2. The molecule has 0 unspecified atom stereocenters. The second-order valence-corrected chi connectivity index (χ2v) is 8.81. The summed E-state index contributed by atoms with van der Waals surface area (Å²) in [6.07, 6.45) is 9.60. The largest absolute Gasteiger partial charge is 0.383 e. The van der Waals surface area contributed by atoms with Gasteiger partial charge in [-0.05, 0) is 55.7 Å². The maximum atomic E-state index is 13.2. The summed E-state index contributed by atoms with van der Waals surface area (Å²) in [5, 5.41) is 9.52. The third kappa shape index (κ3) is 4.01. The fourth-order valence-corrected chi connectivity index (χ4v) is 4.60. The number of fused-ring (bicyclic) bond motifs is 2. The van der Waals surface area contributed by atoms with E-state index in [4.69, 9.17) is 15.7 Å². The topological polar surface area (TPSA) is 98.2 Å². The first-order valence-electron chi connectivity index (χ1n) is 10.8. The average Bonchev–Trinajstić information content (AvgIpc) is 3.42. The number of nitrogens with one attached hydrogen (secondary N) is 1. The lowest BCUT2D eigenvalue weighted by atomic mass is 9.97. The molecule has 5 rings (SSSR count). The zero-order valence-corrected chi connectivity index (χ0v) is 18.4. The number of rotatable bonds is 6. The van der Waals surface area contributed by atoms with Crippen molar-refractivity contribution in [3.63, 3.8) is 0 Å². The Kier molecular flexibility index (Phi) is 5.68. The van der Waals surface area contributed by atoms with Gasteiger partial charge >= 0.3 is 0 Å². The van der Waals surface area contributed by atoms with Crippen LogP contribution < -0.4 is 11.1 Å². The molecule has 0 fully saturated rings. The number of nitrogens with two attached hydrogens (primary N) is 1. The van der Waals surface area contributed by atoms with Crippen molar-refractivity contribution in [1.29, 1.82) is 0 Å². The van der Waals surface area contributed by atoms with Crippen molar-refractivity contribution in [2.24, 2.45) is 5.10 Å². The predicted molar refractivity (Wildman–Crippen MR) is 130 cm³/mol. The van der Waals surface area contributed by atoms with Crippen LogP contribution in [0.25, 0.3) is 22.2 Å². The average molecular weight is 445 g/mol. The molecule has 32 heavy (non-hydrogen) atoms. The summed E-state index contributed by atoms with van der Waals surface area (Å²) in [4.78, 5) is 23.6. The molecule has 0 saturated heterocycles. The highest BCUT2D eigenvalue weighted by Gasteiger charge is 2.24. The van der Waals surface area contributed by atoms with E-state index in [2.05, 4.69) is 16.5 Å². The van der Waals surface area contributed by atoms with Gasteiger partial charge in [-0.25, -0.2) is 9.97 Å². The van der Waals surface area contributed by atoms with Gasteiger partial charge in [0.05, 0.1) is 17.2 Å². The minimum Gasteiger partial charge on any atom is -0.383 e. The van der Waals surface area contributed by atoms with E-state index in [1.54, 1.807) is 17.6 Å². The molecule has 4 aromatic rings. The lowest BCUT2D eigenvalue weighted by Gasteiger charge is -2.12. The van der Waals surface area contributed by atoms with Crippen LogP contribution in [0.15, 0.2) is 58.5 Å². The molecule has 0 spiro atoms. The number of hydrogen-bond acceptors (Lipinski definition) is 6. The Morgan fingerprint density at radius 1 is 1.19 bits per heavy atom. The Labute approximate surface area is 189 Å². The fraction of sp³-hybridized carbons (Fsp3) is 0.250. The van der Waals surface area contributed by atoms with Crippen molar-refractivity contribution in [2.75, 3.05) is 12.3 Å². The molecule has 0 bridgehead atoms. The molecule has 0 radical (unpaired) electrons. The Hall–Kier alpha value is -3.52. The molecular formula is C24H24N6OS. The SMILES string of the molecule is Nc1c(C(=O)NCCC2=CCCCC2)c2nc3ccccc3nc2n1/N=C/c1cccs1. The Bertz CT molecular complexity index is 1340. The third-order valence-corrected chi connectivity index (χ3v) is 6.47. The van der Waals surface area contributed by atoms with E-state index in [1.807, 2.05) is 41.8 Å². The standard InChI is InChI=1S/C24H24N6OS/c25-22-20(24(31)26-13-12-16-7-2-1-3-8-16)21-23(29-19-11-5-4-10-18(19)28-21)30(22)27-15-17-9-6-14-32-17/h4-7,9-11,14-15H,1-3,8,12-13,25H2,(H,26,31)/b27-15+. The van der Waals surface area contributed by atoms with Crippen LogP contribution in [-0.4, -0.2) is 33.3 Å². The molecule has 3 heterocycles. The van der Waals surface area contributed by atoms with Crippen molar-refractivity contribution in [3.8, 4) is 0 Å². The molecule has 3 N–H and O–H groups in total. The lowest BCUT2D eigenvalue weighted by Crippen LogP contribution is -2.25. The fourth-order valence-electron chi connectivity index (χ4n) is 4.02. The molecule has 8 heteroatoms. The molecule has 1 aromatic carbocycles. The van der Waals surface area contributed by atoms with Gasteiger partial charge in [0, 0.05) is 11.4 Å². The number of nitrogens with zero attached hydrogens (tertiary/aromatic N) is 4. The Morgan fingerprint density at radius 3 is 2.78 bits per heavy atom. The molecule has 0 atom stereocenters. The van der Waals surface area contributed by atoms with Gasteiger partial charge in [-0.2, -0.15) is 9.78 Å². The maximum absolute atomic E-state index is 13.2. The Balaban J connectivity index is 1.51. The van der Waals surface area contributed by atoms with Gasteiger partial charge in [0.1, 0.15) is 16.9 Å². The van der Waals surface area contributed by atoms with Crippen LogP contribution in [-0.2, 0) is 0 Å². The highest BCUT2D eigenvalue weighted by Crippen LogP contribution is 2.28.